The fourth-order valence-electron chi connectivity index (χ4n) is 1.22. The van der Waals surface area contributed by atoms with Crippen LogP contribution in [0.15, 0.2) is 17.1 Å². The van der Waals surface area contributed by atoms with Gasteiger partial charge in [0.2, 0.25) is 0 Å². The first-order chi connectivity index (χ1) is 5.47. The quantitative estimate of drug-likeness (QED) is 0.756. The van der Waals surface area contributed by atoms with Crippen molar-refractivity contribution in [2.24, 2.45) is 0 Å². The van der Waals surface area contributed by atoms with Crippen LogP contribution in [0.1, 0.15) is 18.5 Å². The summed E-state index contributed by atoms with van der Waals surface area (Å²) in [6.07, 6.45) is 4.47. The van der Waals surface area contributed by atoms with Gasteiger partial charge in [-0.05, 0) is 18.4 Å². The lowest BCUT2D eigenvalue weighted by molar-refractivity contribution is 0.738. The van der Waals surface area contributed by atoms with Gasteiger partial charge in [0.05, 0.1) is 11.2 Å². The largest absolute Gasteiger partial charge is 0.391 e. The van der Waals surface area contributed by atoms with Crippen molar-refractivity contribution in [3.8, 4) is 0 Å². The highest BCUT2D eigenvalue weighted by Crippen LogP contribution is 2.20. The van der Waals surface area contributed by atoms with E-state index in [0.29, 0.717) is 0 Å². The number of nitrogens with one attached hydrogen (secondary N) is 1. The summed E-state index contributed by atoms with van der Waals surface area (Å²) in [4.78, 5) is 4.25. The SMILES string of the molecule is C1=C(c2cscn2)CCCN1.Cl. The maximum absolute atomic E-state index is 4.25. The van der Waals surface area contributed by atoms with E-state index in [2.05, 4.69) is 21.9 Å². The van der Waals surface area contributed by atoms with Crippen molar-refractivity contribution in [3.63, 3.8) is 0 Å². The summed E-state index contributed by atoms with van der Waals surface area (Å²) >= 11 is 1.65. The number of thiazole rings is 1. The van der Waals surface area contributed by atoms with Crippen LogP contribution in [-0.2, 0) is 0 Å². The third kappa shape index (κ3) is 1.99. The molecular formula is C8H11ClN2S. The van der Waals surface area contributed by atoms with Crippen molar-refractivity contribution in [2.75, 3.05) is 6.54 Å². The monoisotopic (exact) mass is 202 g/mol. The van der Waals surface area contributed by atoms with E-state index >= 15 is 0 Å². The number of aromatic nitrogens is 1. The molecule has 0 amide bonds. The second-order valence-electron chi connectivity index (χ2n) is 2.60. The highest BCUT2D eigenvalue weighted by molar-refractivity contribution is 7.07. The molecule has 1 aliphatic heterocycles. The molecule has 0 saturated heterocycles. The first-order valence-corrected chi connectivity index (χ1v) is 4.72. The summed E-state index contributed by atoms with van der Waals surface area (Å²) in [5.74, 6) is 0. The van der Waals surface area contributed by atoms with Crippen molar-refractivity contribution in [1.82, 2.24) is 10.3 Å². The van der Waals surface area contributed by atoms with Gasteiger partial charge in [-0.2, -0.15) is 0 Å². The van der Waals surface area contributed by atoms with E-state index in [1.54, 1.807) is 11.3 Å². The molecule has 2 nitrogen and oxygen atoms in total. The van der Waals surface area contributed by atoms with E-state index < -0.39 is 0 Å². The molecular weight excluding hydrogens is 192 g/mol. The predicted octanol–water partition coefficient (Wildman–Crippen LogP) is 2.29. The maximum Gasteiger partial charge on any atom is 0.0798 e. The smallest absolute Gasteiger partial charge is 0.0798 e. The van der Waals surface area contributed by atoms with Gasteiger partial charge in [-0.1, -0.05) is 0 Å². The summed E-state index contributed by atoms with van der Waals surface area (Å²) < 4.78 is 0. The van der Waals surface area contributed by atoms with Crippen molar-refractivity contribution >= 4 is 29.3 Å². The number of hydrogen-bond acceptors (Lipinski definition) is 3. The van der Waals surface area contributed by atoms with Crippen LogP contribution in [0.3, 0.4) is 0 Å². The fraction of sp³-hybridized carbons (Fsp3) is 0.375. The Morgan fingerprint density at radius 3 is 3.00 bits per heavy atom. The molecule has 1 N–H and O–H groups in total. The molecule has 0 aliphatic carbocycles. The third-order valence-electron chi connectivity index (χ3n) is 1.80. The highest BCUT2D eigenvalue weighted by atomic mass is 35.5. The third-order valence-corrected chi connectivity index (χ3v) is 2.39. The maximum atomic E-state index is 4.25. The van der Waals surface area contributed by atoms with Crippen LogP contribution in [-0.4, -0.2) is 11.5 Å². The topological polar surface area (TPSA) is 24.9 Å². The molecule has 0 unspecified atom stereocenters. The van der Waals surface area contributed by atoms with Crippen molar-refractivity contribution in [2.45, 2.75) is 12.8 Å². The number of allylic oxidation sites excluding steroid dienone is 1. The Bertz CT molecular complexity index is 256. The van der Waals surface area contributed by atoms with E-state index in [1.165, 1.54) is 12.0 Å². The molecule has 12 heavy (non-hydrogen) atoms. The minimum atomic E-state index is 0. The van der Waals surface area contributed by atoms with Gasteiger partial charge >= 0.3 is 0 Å². The van der Waals surface area contributed by atoms with Crippen LogP contribution in [0.2, 0.25) is 0 Å². The van der Waals surface area contributed by atoms with Crippen molar-refractivity contribution in [3.05, 3.63) is 22.8 Å². The Hall–Kier alpha value is -0.540. The van der Waals surface area contributed by atoms with E-state index in [-0.39, 0.29) is 12.4 Å². The van der Waals surface area contributed by atoms with Gasteiger partial charge in [0.15, 0.2) is 0 Å². The van der Waals surface area contributed by atoms with Gasteiger partial charge in [0.1, 0.15) is 0 Å². The zero-order valence-corrected chi connectivity index (χ0v) is 8.25. The lowest BCUT2D eigenvalue weighted by Crippen LogP contribution is -2.13. The minimum Gasteiger partial charge on any atom is -0.391 e. The van der Waals surface area contributed by atoms with Crippen LogP contribution in [0.25, 0.3) is 5.57 Å². The number of nitrogens with zero attached hydrogens (tertiary/aromatic N) is 1. The predicted molar refractivity (Wildman–Crippen MR) is 54.6 cm³/mol. The van der Waals surface area contributed by atoms with Crippen LogP contribution in [0.5, 0.6) is 0 Å². The Morgan fingerprint density at radius 1 is 1.50 bits per heavy atom. The molecule has 2 heterocycles. The molecule has 1 aromatic heterocycles. The molecule has 0 saturated carbocycles. The first kappa shape index (κ1) is 9.55. The summed E-state index contributed by atoms with van der Waals surface area (Å²) in [6.45, 7) is 1.10. The van der Waals surface area contributed by atoms with Crippen molar-refractivity contribution < 1.29 is 0 Å². The lowest BCUT2D eigenvalue weighted by atomic mass is 10.1. The average molecular weight is 203 g/mol. The van der Waals surface area contributed by atoms with Gasteiger partial charge in [0, 0.05) is 18.1 Å². The van der Waals surface area contributed by atoms with Crippen LogP contribution >= 0.6 is 23.7 Å². The standard InChI is InChI=1S/C8H10N2S.ClH/c1-2-7(4-9-3-1)8-5-11-6-10-8;/h4-6,9H,1-3H2;1H. The minimum absolute atomic E-state index is 0. The fourth-order valence-corrected chi connectivity index (χ4v) is 1.80. The Balaban J connectivity index is 0.000000720. The molecule has 0 atom stereocenters. The molecule has 66 valence electrons. The van der Waals surface area contributed by atoms with E-state index in [1.807, 2.05) is 5.51 Å². The Morgan fingerprint density at radius 2 is 2.42 bits per heavy atom. The lowest BCUT2D eigenvalue weighted by Gasteiger charge is -2.11. The molecule has 0 aromatic carbocycles. The molecule has 2 rings (SSSR count). The van der Waals surface area contributed by atoms with Gasteiger partial charge in [0.25, 0.3) is 0 Å². The zero-order valence-electron chi connectivity index (χ0n) is 6.62. The van der Waals surface area contributed by atoms with Crippen LogP contribution in [0, 0.1) is 0 Å². The van der Waals surface area contributed by atoms with Gasteiger partial charge in [-0.15, -0.1) is 23.7 Å². The Kier molecular flexibility index (Phi) is 3.56. The van der Waals surface area contributed by atoms with Crippen molar-refractivity contribution in [1.29, 1.82) is 0 Å². The van der Waals surface area contributed by atoms with Crippen LogP contribution in [0.4, 0.5) is 0 Å². The Labute approximate surface area is 82.1 Å². The number of rotatable bonds is 1. The van der Waals surface area contributed by atoms with Gasteiger partial charge in [-0.25, -0.2) is 4.98 Å². The summed E-state index contributed by atoms with van der Waals surface area (Å²) in [5.41, 5.74) is 4.37. The second kappa shape index (κ2) is 4.48. The molecule has 1 aromatic rings. The molecule has 0 bridgehead atoms. The summed E-state index contributed by atoms with van der Waals surface area (Å²) in [7, 11) is 0. The normalized spacial score (nSPS) is 15.8. The zero-order chi connectivity index (χ0) is 7.52. The van der Waals surface area contributed by atoms with E-state index in [4.69, 9.17) is 0 Å². The summed E-state index contributed by atoms with van der Waals surface area (Å²) in [6, 6.07) is 0. The first-order valence-electron chi connectivity index (χ1n) is 3.78. The van der Waals surface area contributed by atoms with Crippen LogP contribution < -0.4 is 5.32 Å². The molecule has 0 fully saturated rings. The summed E-state index contributed by atoms with van der Waals surface area (Å²) in [5, 5.41) is 5.32. The van der Waals surface area contributed by atoms with E-state index in [0.717, 1.165) is 18.7 Å². The second-order valence-corrected chi connectivity index (χ2v) is 3.32. The average Bonchev–Trinajstić information content (AvgIpc) is 2.58. The highest BCUT2D eigenvalue weighted by Gasteiger charge is 2.06. The number of halogens is 1. The van der Waals surface area contributed by atoms with Gasteiger partial charge < -0.3 is 5.32 Å². The van der Waals surface area contributed by atoms with Gasteiger partial charge in [-0.3, -0.25) is 0 Å². The number of hydrogen-bond donors (Lipinski definition) is 1. The molecule has 4 heteroatoms. The van der Waals surface area contributed by atoms with E-state index in [9.17, 15) is 0 Å². The molecule has 0 radical (unpaired) electrons. The molecule has 1 aliphatic rings. The molecule has 0 spiro atoms.